The lowest BCUT2D eigenvalue weighted by atomic mass is 9.86. The number of hydrogen-bond donors (Lipinski definition) is 2. The zero-order chi connectivity index (χ0) is 18.6. The fourth-order valence-corrected chi connectivity index (χ4v) is 3.89. The monoisotopic (exact) mass is 379 g/mol. The molecule has 1 unspecified atom stereocenters. The van der Waals surface area contributed by atoms with Gasteiger partial charge < -0.3 is 15.3 Å². The van der Waals surface area contributed by atoms with Gasteiger partial charge in [-0.15, -0.1) is 0 Å². The highest BCUT2D eigenvalue weighted by Gasteiger charge is 2.34. The van der Waals surface area contributed by atoms with E-state index in [1.54, 1.807) is 0 Å². The third-order valence-corrected chi connectivity index (χ3v) is 5.43. The predicted octanol–water partition coefficient (Wildman–Crippen LogP) is 2.35. The number of halogens is 1. The van der Waals surface area contributed by atoms with Crippen LogP contribution in [0.25, 0.3) is 0 Å². The molecule has 2 saturated heterocycles. The molecule has 0 saturated carbocycles. The zero-order valence-corrected chi connectivity index (χ0v) is 15.7. The number of benzene rings is 1. The minimum absolute atomic E-state index is 0.0911. The average Bonchev–Trinajstić information content (AvgIpc) is 3.05. The summed E-state index contributed by atoms with van der Waals surface area (Å²) in [4.78, 5) is 27.0. The van der Waals surface area contributed by atoms with E-state index in [0.717, 1.165) is 44.3 Å². The lowest BCUT2D eigenvalue weighted by Gasteiger charge is -2.39. The molecule has 2 aliphatic heterocycles. The maximum atomic E-state index is 12.0. The number of carbonyl (C=O) groups excluding carboxylic acids is 2. The first-order chi connectivity index (χ1) is 12.5. The molecule has 0 aromatic heterocycles. The second-order valence-corrected chi connectivity index (χ2v) is 7.59. The standard InChI is InChI=1S/C19H26ClN3O3/c20-16-7-5-15(6-8-16)19(26)9-2-11-22(14-19)12-3-10-21-18(25)23-13-1-4-17(23)24/h5-8,26H,1-4,9-14H2,(H,21,25). The SMILES string of the molecule is O=C1CCCN1C(=O)NCCCN1CCCC(O)(c2ccc(Cl)cc2)C1. The van der Waals surface area contributed by atoms with E-state index in [4.69, 9.17) is 11.6 Å². The number of aliphatic hydroxyl groups is 1. The molecular weight excluding hydrogens is 354 g/mol. The molecule has 0 aliphatic carbocycles. The summed E-state index contributed by atoms with van der Waals surface area (Å²) in [6, 6.07) is 7.10. The Bertz CT molecular complexity index is 652. The van der Waals surface area contributed by atoms with E-state index in [1.165, 1.54) is 4.90 Å². The Balaban J connectivity index is 1.44. The van der Waals surface area contributed by atoms with Crippen molar-refractivity contribution in [3.63, 3.8) is 0 Å². The Morgan fingerprint density at radius 3 is 2.69 bits per heavy atom. The Hall–Kier alpha value is -1.63. The minimum Gasteiger partial charge on any atom is -0.384 e. The van der Waals surface area contributed by atoms with Crippen molar-refractivity contribution in [3.05, 3.63) is 34.9 Å². The van der Waals surface area contributed by atoms with E-state index in [-0.39, 0.29) is 11.9 Å². The number of likely N-dealkylation sites (tertiary alicyclic amines) is 2. The summed E-state index contributed by atoms with van der Waals surface area (Å²) in [5.74, 6) is -0.0911. The van der Waals surface area contributed by atoms with Gasteiger partial charge in [0.05, 0.1) is 0 Å². The summed E-state index contributed by atoms with van der Waals surface area (Å²) >= 11 is 5.94. The van der Waals surface area contributed by atoms with Crippen molar-refractivity contribution < 1.29 is 14.7 Å². The maximum absolute atomic E-state index is 12.0. The van der Waals surface area contributed by atoms with Crippen molar-refractivity contribution in [3.8, 4) is 0 Å². The molecular formula is C19H26ClN3O3. The second kappa shape index (κ2) is 8.37. The van der Waals surface area contributed by atoms with Crippen LogP contribution in [-0.2, 0) is 10.4 Å². The molecule has 2 fully saturated rings. The summed E-state index contributed by atoms with van der Waals surface area (Å²) in [5.41, 5.74) is 0.0427. The van der Waals surface area contributed by atoms with Gasteiger partial charge in [-0.1, -0.05) is 23.7 Å². The molecule has 1 aromatic carbocycles. The van der Waals surface area contributed by atoms with Crippen molar-refractivity contribution in [2.24, 2.45) is 0 Å². The minimum atomic E-state index is -0.853. The molecule has 1 aromatic rings. The first-order valence-electron chi connectivity index (χ1n) is 9.27. The van der Waals surface area contributed by atoms with Crippen LogP contribution in [0.4, 0.5) is 4.79 Å². The van der Waals surface area contributed by atoms with Crippen LogP contribution in [0.15, 0.2) is 24.3 Å². The summed E-state index contributed by atoms with van der Waals surface area (Å²) in [7, 11) is 0. The van der Waals surface area contributed by atoms with E-state index in [1.807, 2.05) is 24.3 Å². The van der Waals surface area contributed by atoms with E-state index < -0.39 is 5.60 Å². The zero-order valence-electron chi connectivity index (χ0n) is 14.9. The molecule has 6 nitrogen and oxygen atoms in total. The largest absolute Gasteiger partial charge is 0.384 e. The first-order valence-corrected chi connectivity index (χ1v) is 9.65. The van der Waals surface area contributed by atoms with Crippen LogP contribution >= 0.6 is 11.6 Å². The lowest BCUT2D eigenvalue weighted by Crippen LogP contribution is -2.47. The van der Waals surface area contributed by atoms with Gasteiger partial charge in [0, 0.05) is 31.1 Å². The highest BCUT2D eigenvalue weighted by Crippen LogP contribution is 2.32. The number of piperidine rings is 1. The molecule has 0 spiro atoms. The Labute approximate surface area is 159 Å². The van der Waals surface area contributed by atoms with Crippen LogP contribution in [0.3, 0.4) is 0 Å². The van der Waals surface area contributed by atoms with Crippen LogP contribution in [-0.4, -0.2) is 59.6 Å². The molecule has 7 heteroatoms. The number of imide groups is 1. The number of urea groups is 1. The van der Waals surface area contributed by atoms with Crippen LogP contribution in [0.1, 0.15) is 37.7 Å². The third kappa shape index (κ3) is 4.55. The van der Waals surface area contributed by atoms with E-state index in [0.29, 0.717) is 31.1 Å². The van der Waals surface area contributed by atoms with Gasteiger partial charge in [-0.05, 0) is 56.5 Å². The molecule has 0 bridgehead atoms. The van der Waals surface area contributed by atoms with Gasteiger partial charge in [0.25, 0.3) is 0 Å². The summed E-state index contributed by atoms with van der Waals surface area (Å²) in [6.07, 6.45) is 3.66. The van der Waals surface area contributed by atoms with E-state index in [9.17, 15) is 14.7 Å². The second-order valence-electron chi connectivity index (χ2n) is 7.15. The van der Waals surface area contributed by atoms with Crippen LogP contribution in [0, 0.1) is 0 Å². The van der Waals surface area contributed by atoms with E-state index >= 15 is 0 Å². The number of β-amino-alcohol motifs (C(OH)–C–C–N with tert-alkyl or cyclic N) is 1. The van der Waals surface area contributed by atoms with Gasteiger partial charge in [0.15, 0.2) is 0 Å². The van der Waals surface area contributed by atoms with Crippen molar-refractivity contribution >= 4 is 23.5 Å². The van der Waals surface area contributed by atoms with Crippen LogP contribution in [0.2, 0.25) is 5.02 Å². The van der Waals surface area contributed by atoms with Crippen molar-refractivity contribution in [1.82, 2.24) is 15.1 Å². The Morgan fingerprint density at radius 1 is 1.23 bits per heavy atom. The van der Waals surface area contributed by atoms with Gasteiger partial charge >= 0.3 is 6.03 Å². The maximum Gasteiger partial charge on any atom is 0.324 e. The summed E-state index contributed by atoms with van der Waals surface area (Å²) in [6.45, 7) is 3.36. The third-order valence-electron chi connectivity index (χ3n) is 5.18. The fraction of sp³-hybridized carbons (Fsp3) is 0.579. The normalized spacial score (nSPS) is 24.1. The number of amides is 3. The molecule has 1 atom stereocenters. The van der Waals surface area contributed by atoms with Gasteiger partial charge in [-0.3, -0.25) is 9.69 Å². The summed E-state index contributed by atoms with van der Waals surface area (Å²) < 4.78 is 0. The molecule has 142 valence electrons. The molecule has 0 radical (unpaired) electrons. The fourth-order valence-electron chi connectivity index (χ4n) is 3.77. The van der Waals surface area contributed by atoms with Gasteiger partial charge in [-0.25, -0.2) is 4.79 Å². The Kier molecular flexibility index (Phi) is 6.16. The highest BCUT2D eigenvalue weighted by atomic mass is 35.5. The van der Waals surface area contributed by atoms with Gasteiger partial charge in [0.1, 0.15) is 5.60 Å². The molecule has 2 heterocycles. The topological polar surface area (TPSA) is 72.9 Å². The van der Waals surface area contributed by atoms with Crippen molar-refractivity contribution in [1.29, 1.82) is 0 Å². The molecule has 3 rings (SSSR count). The van der Waals surface area contributed by atoms with Gasteiger partial charge in [0.2, 0.25) is 5.91 Å². The number of hydrogen-bond acceptors (Lipinski definition) is 4. The molecule has 26 heavy (non-hydrogen) atoms. The quantitative estimate of drug-likeness (QED) is 0.770. The number of carbonyl (C=O) groups is 2. The number of nitrogens with one attached hydrogen (secondary N) is 1. The smallest absolute Gasteiger partial charge is 0.324 e. The van der Waals surface area contributed by atoms with Crippen LogP contribution in [0.5, 0.6) is 0 Å². The van der Waals surface area contributed by atoms with E-state index in [2.05, 4.69) is 10.2 Å². The first kappa shape index (κ1) is 19.1. The predicted molar refractivity (Wildman–Crippen MR) is 100.0 cm³/mol. The number of nitrogens with zero attached hydrogens (tertiary/aromatic N) is 2. The molecule has 2 N–H and O–H groups in total. The van der Waals surface area contributed by atoms with Crippen molar-refractivity contribution in [2.45, 2.75) is 37.7 Å². The van der Waals surface area contributed by atoms with Crippen LogP contribution < -0.4 is 5.32 Å². The van der Waals surface area contributed by atoms with Gasteiger partial charge in [-0.2, -0.15) is 0 Å². The molecule has 3 amide bonds. The lowest BCUT2D eigenvalue weighted by molar-refractivity contribution is -0.125. The summed E-state index contributed by atoms with van der Waals surface area (Å²) in [5, 5.41) is 14.5. The highest BCUT2D eigenvalue weighted by molar-refractivity contribution is 6.30. The average molecular weight is 380 g/mol. The van der Waals surface area contributed by atoms with Crippen molar-refractivity contribution in [2.75, 3.05) is 32.7 Å². The molecule has 2 aliphatic rings. The number of rotatable bonds is 5. The Morgan fingerprint density at radius 2 is 2.00 bits per heavy atom.